The summed E-state index contributed by atoms with van der Waals surface area (Å²) in [5.41, 5.74) is 0.722. The van der Waals surface area contributed by atoms with Gasteiger partial charge in [-0.25, -0.2) is 13.2 Å². The van der Waals surface area contributed by atoms with Crippen LogP contribution in [-0.2, 0) is 19.6 Å². The largest absolute Gasteiger partial charge is 0.465 e. The van der Waals surface area contributed by atoms with Crippen molar-refractivity contribution in [2.45, 2.75) is 12.8 Å². The zero-order chi connectivity index (χ0) is 22.5. The third-order valence-electron chi connectivity index (χ3n) is 4.00. The number of esters is 1. The monoisotopic (exact) mass is 492 g/mol. The first-order valence-electron chi connectivity index (χ1n) is 8.63. The summed E-state index contributed by atoms with van der Waals surface area (Å²) in [4.78, 5) is 23.9. The lowest BCUT2D eigenvalue weighted by Crippen LogP contribution is -2.31. The summed E-state index contributed by atoms with van der Waals surface area (Å²) < 4.78 is 30.1. The van der Waals surface area contributed by atoms with Crippen molar-refractivity contribution in [1.29, 1.82) is 0 Å². The van der Waals surface area contributed by atoms with Gasteiger partial charge in [-0.2, -0.15) is 0 Å². The molecule has 0 saturated carbocycles. The van der Waals surface area contributed by atoms with Crippen molar-refractivity contribution < 1.29 is 22.7 Å². The molecule has 1 N–H and O–H groups in total. The minimum Gasteiger partial charge on any atom is -0.465 e. The number of carbonyl (C=O) groups excluding carboxylic acids is 2. The van der Waals surface area contributed by atoms with E-state index in [1.54, 1.807) is 6.07 Å². The molecule has 0 fully saturated rings. The van der Waals surface area contributed by atoms with Crippen LogP contribution in [0.5, 0.6) is 0 Å². The smallest absolute Gasteiger partial charge is 0.337 e. The van der Waals surface area contributed by atoms with Crippen molar-refractivity contribution in [1.82, 2.24) is 0 Å². The zero-order valence-corrected chi connectivity index (χ0v) is 19.2. The Labute approximate surface area is 189 Å². The van der Waals surface area contributed by atoms with E-state index < -0.39 is 21.9 Å². The minimum absolute atomic E-state index is 0.00296. The molecule has 0 aliphatic rings. The van der Waals surface area contributed by atoms with Crippen LogP contribution in [0.4, 0.5) is 11.4 Å². The Hall–Kier alpha value is -2.00. The van der Waals surface area contributed by atoms with Gasteiger partial charge in [-0.1, -0.05) is 34.8 Å². The summed E-state index contributed by atoms with van der Waals surface area (Å²) in [7, 11) is -2.41. The van der Waals surface area contributed by atoms with Gasteiger partial charge in [0.1, 0.15) is 0 Å². The van der Waals surface area contributed by atoms with Crippen LogP contribution in [0.25, 0.3) is 0 Å². The number of anilines is 2. The summed E-state index contributed by atoms with van der Waals surface area (Å²) >= 11 is 18.1. The summed E-state index contributed by atoms with van der Waals surface area (Å²) in [6.45, 7) is 0.0161. The molecule has 0 aliphatic carbocycles. The van der Waals surface area contributed by atoms with Crippen LogP contribution in [0.2, 0.25) is 15.1 Å². The van der Waals surface area contributed by atoms with Gasteiger partial charge in [0.2, 0.25) is 15.9 Å². The van der Waals surface area contributed by atoms with Crippen LogP contribution in [0.3, 0.4) is 0 Å². The fraction of sp³-hybridized carbons (Fsp3) is 0.263. The zero-order valence-electron chi connectivity index (χ0n) is 16.1. The van der Waals surface area contributed by atoms with E-state index in [0.717, 1.165) is 10.6 Å². The average molecular weight is 494 g/mol. The molecular formula is C19H19Cl3N2O5S. The molecule has 0 saturated heterocycles. The first kappa shape index (κ1) is 24.3. The van der Waals surface area contributed by atoms with E-state index in [0.29, 0.717) is 5.02 Å². The Bertz CT molecular complexity index is 1060. The maximum atomic E-state index is 12.3. The molecule has 0 aliphatic heterocycles. The van der Waals surface area contributed by atoms with Crippen LogP contribution in [-0.4, -0.2) is 40.2 Å². The number of halogens is 3. The molecule has 0 spiro atoms. The second-order valence-electron chi connectivity index (χ2n) is 6.27. The van der Waals surface area contributed by atoms with Crippen molar-refractivity contribution in [3.8, 4) is 0 Å². The van der Waals surface area contributed by atoms with Crippen molar-refractivity contribution in [2.75, 3.05) is 29.5 Å². The Kier molecular flexibility index (Phi) is 8.37. The first-order chi connectivity index (χ1) is 14.0. The van der Waals surface area contributed by atoms with Crippen LogP contribution >= 0.6 is 34.8 Å². The molecule has 0 unspecified atom stereocenters. The molecule has 11 heteroatoms. The van der Waals surface area contributed by atoms with Gasteiger partial charge in [-0.05, 0) is 42.8 Å². The highest BCUT2D eigenvalue weighted by Gasteiger charge is 2.21. The molecule has 30 heavy (non-hydrogen) atoms. The van der Waals surface area contributed by atoms with Gasteiger partial charge in [-0.15, -0.1) is 0 Å². The SMILES string of the molecule is COC(=O)c1ccc(Cl)c(NC(=O)CCCN(c2cc(Cl)ccc2Cl)S(C)(=O)=O)c1. The molecule has 0 radical (unpaired) electrons. The molecule has 2 aromatic carbocycles. The fourth-order valence-electron chi connectivity index (χ4n) is 2.60. The Morgan fingerprint density at radius 1 is 1.07 bits per heavy atom. The highest BCUT2D eigenvalue weighted by molar-refractivity contribution is 7.92. The number of amides is 1. The van der Waals surface area contributed by atoms with E-state index >= 15 is 0 Å². The van der Waals surface area contributed by atoms with Gasteiger partial charge in [0.25, 0.3) is 0 Å². The second kappa shape index (κ2) is 10.3. The van der Waals surface area contributed by atoms with Gasteiger partial charge in [0.05, 0.1) is 40.3 Å². The van der Waals surface area contributed by atoms with Crippen LogP contribution < -0.4 is 9.62 Å². The number of nitrogens with zero attached hydrogens (tertiary/aromatic N) is 1. The number of carbonyl (C=O) groups is 2. The van der Waals surface area contributed by atoms with E-state index in [1.165, 1.54) is 37.4 Å². The Balaban J connectivity index is 2.07. The summed E-state index contributed by atoms with van der Waals surface area (Å²) in [6.07, 6.45) is 1.25. The molecule has 0 heterocycles. The quantitative estimate of drug-likeness (QED) is 0.542. The Morgan fingerprint density at radius 2 is 1.73 bits per heavy atom. The Morgan fingerprint density at radius 3 is 2.37 bits per heavy atom. The summed E-state index contributed by atoms with van der Waals surface area (Å²) in [6, 6.07) is 8.84. The van der Waals surface area contributed by atoms with Crippen LogP contribution in [0, 0.1) is 0 Å². The predicted molar refractivity (Wildman–Crippen MR) is 119 cm³/mol. The minimum atomic E-state index is -3.65. The maximum absolute atomic E-state index is 12.3. The number of methoxy groups -OCH3 is 1. The van der Waals surface area contributed by atoms with Gasteiger partial charge < -0.3 is 10.1 Å². The summed E-state index contributed by atoms with van der Waals surface area (Å²) in [5, 5.41) is 3.42. The standard InChI is InChI=1S/C19H19Cl3N2O5S/c1-29-19(26)12-5-7-14(21)16(10-12)23-18(25)4-3-9-24(30(2,27)28)17-11-13(20)6-8-15(17)22/h5-8,10-11H,3-4,9H2,1-2H3,(H,23,25). The number of rotatable bonds is 8. The van der Waals surface area contributed by atoms with E-state index in [1.807, 2.05) is 0 Å². The van der Waals surface area contributed by atoms with Crippen molar-refractivity contribution >= 4 is 68.1 Å². The number of sulfonamides is 1. The van der Waals surface area contributed by atoms with E-state index in [4.69, 9.17) is 34.8 Å². The lowest BCUT2D eigenvalue weighted by atomic mass is 10.2. The number of nitrogens with one attached hydrogen (secondary N) is 1. The molecule has 1 amide bonds. The highest BCUT2D eigenvalue weighted by atomic mass is 35.5. The highest BCUT2D eigenvalue weighted by Crippen LogP contribution is 2.31. The predicted octanol–water partition coefficient (Wildman–Crippen LogP) is 4.62. The number of hydrogen-bond acceptors (Lipinski definition) is 5. The van der Waals surface area contributed by atoms with E-state index in [-0.39, 0.29) is 46.4 Å². The maximum Gasteiger partial charge on any atom is 0.337 e. The lowest BCUT2D eigenvalue weighted by Gasteiger charge is -2.23. The number of hydrogen-bond donors (Lipinski definition) is 1. The molecule has 2 aromatic rings. The van der Waals surface area contributed by atoms with Crippen LogP contribution in [0.1, 0.15) is 23.2 Å². The molecule has 0 bridgehead atoms. The first-order valence-corrected chi connectivity index (χ1v) is 11.6. The van der Waals surface area contributed by atoms with Crippen molar-refractivity contribution in [3.05, 3.63) is 57.0 Å². The molecule has 2 rings (SSSR count). The lowest BCUT2D eigenvalue weighted by molar-refractivity contribution is -0.116. The molecule has 0 atom stereocenters. The molecule has 7 nitrogen and oxygen atoms in total. The van der Waals surface area contributed by atoms with Crippen LogP contribution in [0.15, 0.2) is 36.4 Å². The third kappa shape index (κ3) is 6.50. The molecule has 0 aromatic heterocycles. The third-order valence-corrected chi connectivity index (χ3v) is 6.07. The summed E-state index contributed by atoms with van der Waals surface area (Å²) in [5.74, 6) is -0.964. The van der Waals surface area contributed by atoms with Gasteiger partial charge in [0.15, 0.2) is 0 Å². The van der Waals surface area contributed by atoms with Crippen molar-refractivity contribution in [3.63, 3.8) is 0 Å². The molecular weight excluding hydrogens is 475 g/mol. The van der Waals surface area contributed by atoms with E-state index in [2.05, 4.69) is 10.1 Å². The topological polar surface area (TPSA) is 92.8 Å². The van der Waals surface area contributed by atoms with Gasteiger partial charge in [0, 0.05) is 18.0 Å². The fourth-order valence-corrected chi connectivity index (χ4v) is 4.17. The average Bonchev–Trinajstić information content (AvgIpc) is 2.67. The molecule has 162 valence electrons. The number of ether oxygens (including phenoxy) is 1. The van der Waals surface area contributed by atoms with E-state index in [9.17, 15) is 18.0 Å². The van der Waals surface area contributed by atoms with Gasteiger partial charge in [-0.3, -0.25) is 9.10 Å². The normalized spacial score (nSPS) is 11.1. The second-order valence-corrected chi connectivity index (χ2v) is 9.43. The van der Waals surface area contributed by atoms with Crippen molar-refractivity contribution in [2.24, 2.45) is 0 Å². The number of benzene rings is 2. The van der Waals surface area contributed by atoms with Gasteiger partial charge >= 0.3 is 5.97 Å².